The zero-order valence-corrected chi connectivity index (χ0v) is 8.36. The molecule has 1 heterocycles. The first-order valence-electron chi connectivity index (χ1n) is 3.86. The highest BCUT2D eigenvalue weighted by atomic mass is 32.1. The highest BCUT2D eigenvalue weighted by Crippen LogP contribution is 2.19. The molecular weight excluding hydrogens is 184 g/mol. The lowest BCUT2D eigenvalue weighted by molar-refractivity contribution is 0.0958. The molecule has 0 atom stereocenters. The molecule has 68 valence electrons. The molecule has 0 saturated carbocycles. The van der Waals surface area contributed by atoms with Crippen molar-refractivity contribution in [3.05, 3.63) is 21.4 Å². The van der Waals surface area contributed by atoms with Gasteiger partial charge in [-0.2, -0.15) is 5.26 Å². The second-order valence-electron chi connectivity index (χ2n) is 2.67. The van der Waals surface area contributed by atoms with E-state index in [1.165, 1.54) is 0 Å². The molecule has 0 radical (unpaired) electrons. The largest absolute Gasteiger partial charge is 0.339 e. The molecule has 4 heteroatoms. The van der Waals surface area contributed by atoms with Crippen molar-refractivity contribution in [2.75, 3.05) is 6.54 Å². The number of rotatable bonds is 2. The third kappa shape index (κ3) is 2.07. The predicted octanol–water partition coefficient (Wildman–Crippen LogP) is 1.62. The lowest BCUT2D eigenvalue weighted by atomic mass is 10.2. The SMILES string of the molecule is Cc1scc(C(=O)NCC#N)c1C. The van der Waals surface area contributed by atoms with Gasteiger partial charge in [-0.3, -0.25) is 4.79 Å². The van der Waals surface area contributed by atoms with Crippen LogP contribution in [0.4, 0.5) is 0 Å². The summed E-state index contributed by atoms with van der Waals surface area (Å²) in [7, 11) is 0. The number of carbonyl (C=O) groups excluding carboxylic acids is 1. The van der Waals surface area contributed by atoms with Gasteiger partial charge in [0.1, 0.15) is 6.54 Å². The number of hydrogen-bond acceptors (Lipinski definition) is 3. The average Bonchev–Trinajstić information content (AvgIpc) is 2.44. The molecule has 0 fully saturated rings. The van der Waals surface area contributed by atoms with Gasteiger partial charge in [-0.15, -0.1) is 11.3 Å². The first kappa shape index (κ1) is 9.75. The van der Waals surface area contributed by atoms with Crippen LogP contribution in [0.15, 0.2) is 5.38 Å². The number of hydrogen-bond donors (Lipinski definition) is 1. The van der Waals surface area contributed by atoms with E-state index in [0.29, 0.717) is 5.56 Å². The number of nitrogens with zero attached hydrogens (tertiary/aromatic N) is 1. The molecule has 0 saturated heterocycles. The molecule has 13 heavy (non-hydrogen) atoms. The summed E-state index contributed by atoms with van der Waals surface area (Å²) in [6.07, 6.45) is 0. The van der Waals surface area contributed by atoms with Crippen LogP contribution in [0.1, 0.15) is 20.8 Å². The Balaban J connectivity index is 2.78. The van der Waals surface area contributed by atoms with Gasteiger partial charge in [-0.25, -0.2) is 0 Å². The van der Waals surface area contributed by atoms with Crippen molar-refractivity contribution in [3.63, 3.8) is 0 Å². The summed E-state index contributed by atoms with van der Waals surface area (Å²) in [5.74, 6) is -0.164. The van der Waals surface area contributed by atoms with Crippen LogP contribution in [-0.2, 0) is 0 Å². The number of nitriles is 1. The first-order valence-corrected chi connectivity index (χ1v) is 4.74. The Hall–Kier alpha value is -1.34. The molecule has 0 aliphatic heterocycles. The van der Waals surface area contributed by atoms with Crippen LogP contribution >= 0.6 is 11.3 Å². The van der Waals surface area contributed by atoms with Crippen LogP contribution in [0, 0.1) is 25.2 Å². The monoisotopic (exact) mass is 194 g/mol. The van der Waals surface area contributed by atoms with Crippen molar-refractivity contribution >= 4 is 17.2 Å². The van der Waals surface area contributed by atoms with E-state index in [4.69, 9.17) is 5.26 Å². The van der Waals surface area contributed by atoms with E-state index in [2.05, 4.69) is 5.32 Å². The quantitative estimate of drug-likeness (QED) is 0.727. The Morgan fingerprint density at radius 2 is 2.38 bits per heavy atom. The molecule has 3 nitrogen and oxygen atoms in total. The molecule has 1 aromatic rings. The standard InChI is InChI=1S/C9H10N2OS/c1-6-7(2)13-5-8(6)9(12)11-4-3-10/h5H,4H2,1-2H3,(H,11,12). The van der Waals surface area contributed by atoms with Gasteiger partial charge in [0, 0.05) is 10.3 Å². The molecular formula is C9H10N2OS. The molecule has 0 aliphatic rings. The van der Waals surface area contributed by atoms with E-state index in [9.17, 15) is 4.79 Å². The third-order valence-corrected chi connectivity index (χ3v) is 2.87. The molecule has 0 unspecified atom stereocenters. The number of nitrogens with one attached hydrogen (secondary N) is 1. The number of aryl methyl sites for hydroxylation is 1. The second-order valence-corrected chi connectivity index (χ2v) is 3.76. The van der Waals surface area contributed by atoms with Crippen LogP contribution in [0.2, 0.25) is 0 Å². The van der Waals surface area contributed by atoms with E-state index >= 15 is 0 Å². The summed E-state index contributed by atoms with van der Waals surface area (Å²) in [6, 6.07) is 1.87. The maximum atomic E-state index is 11.4. The Morgan fingerprint density at radius 3 is 2.85 bits per heavy atom. The summed E-state index contributed by atoms with van der Waals surface area (Å²) < 4.78 is 0. The summed E-state index contributed by atoms with van der Waals surface area (Å²) in [6.45, 7) is 3.95. The van der Waals surface area contributed by atoms with E-state index in [0.717, 1.165) is 10.4 Å². The topological polar surface area (TPSA) is 52.9 Å². The first-order chi connectivity index (χ1) is 6.16. The van der Waals surface area contributed by atoms with Crippen molar-refractivity contribution in [2.24, 2.45) is 0 Å². The van der Waals surface area contributed by atoms with E-state index < -0.39 is 0 Å². The molecule has 0 aliphatic carbocycles. The fraction of sp³-hybridized carbons (Fsp3) is 0.333. The van der Waals surface area contributed by atoms with Crippen molar-refractivity contribution in [1.82, 2.24) is 5.32 Å². The maximum absolute atomic E-state index is 11.4. The van der Waals surface area contributed by atoms with E-state index in [1.54, 1.807) is 11.3 Å². The molecule has 0 spiro atoms. The van der Waals surface area contributed by atoms with Gasteiger partial charge in [0.05, 0.1) is 11.6 Å². The van der Waals surface area contributed by atoms with Gasteiger partial charge in [0.25, 0.3) is 5.91 Å². The Morgan fingerprint density at radius 1 is 1.69 bits per heavy atom. The summed E-state index contributed by atoms with van der Waals surface area (Å²) in [5, 5.41) is 12.6. The fourth-order valence-corrected chi connectivity index (χ4v) is 1.82. The Bertz CT molecular complexity index is 362. The van der Waals surface area contributed by atoms with Crippen LogP contribution in [-0.4, -0.2) is 12.5 Å². The van der Waals surface area contributed by atoms with Gasteiger partial charge in [0.15, 0.2) is 0 Å². The lowest BCUT2D eigenvalue weighted by Crippen LogP contribution is -2.23. The Kier molecular flexibility index (Phi) is 3.04. The molecule has 0 bridgehead atoms. The summed E-state index contributed by atoms with van der Waals surface area (Å²) in [4.78, 5) is 12.5. The van der Waals surface area contributed by atoms with Gasteiger partial charge in [0.2, 0.25) is 0 Å². The van der Waals surface area contributed by atoms with Gasteiger partial charge < -0.3 is 5.32 Å². The average molecular weight is 194 g/mol. The minimum Gasteiger partial charge on any atom is -0.339 e. The normalized spacial score (nSPS) is 9.31. The van der Waals surface area contributed by atoms with E-state index in [-0.39, 0.29) is 12.5 Å². The minimum atomic E-state index is -0.164. The van der Waals surface area contributed by atoms with Crippen LogP contribution in [0.5, 0.6) is 0 Å². The zero-order valence-electron chi connectivity index (χ0n) is 7.55. The van der Waals surface area contributed by atoms with Crippen LogP contribution in [0.3, 0.4) is 0 Å². The third-order valence-electron chi connectivity index (χ3n) is 1.86. The predicted molar refractivity (Wildman–Crippen MR) is 51.7 cm³/mol. The number of amides is 1. The molecule has 1 rings (SSSR count). The molecule has 1 N–H and O–H groups in total. The van der Waals surface area contributed by atoms with Gasteiger partial charge in [-0.1, -0.05) is 0 Å². The highest BCUT2D eigenvalue weighted by Gasteiger charge is 2.10. The Labute approximate surface area is 81.0 Å². The van der Waals surface area contributed by atoms with Crippen molar-refractivity contribution in [2.45, 2.75) is 13.8 Å². The van der Waals surface area contributed by atoms with Crippen LogP contribution in [0.25, 0.3) is 0 Å². The minimum absolute atomic E-state index is 0.0627. The van der Waals surface area contributed by atoms with Crippen molar-refractivity contribution < 1.29 is 4.79 Å². The lowest BCUT2D eigenvalue weighted by Gasteiger charge is -1.99. The number of thiophene rings is 1. The molecule has 1 aromatic heterocycles. The molecule has 1 amide bonds. The summed E-state index contributed by atoms with van der Waals surface area (Å²) in [5.41, 5.74) is 1.68. The zero-order chi connectivity index (χ0) is 9.84. The highest BCUT2D eigenvalue weighted by molar-refractivity contribution is 7.10. The fourth-order valence-electron chi connectivity index (χ4n) is 0.953. The van der Waals surface area contributed by atoms with Crippen molar-refractivity contribution in [3.8, 4) is 6.07 Å². The van der Waals surface area contributed by atoms with Gasteiger partial charge in [-0.05, 0) is 19.4 Å². The maximum Gasteiger partial charge on any atom is 0.253 e. The van der Waals surface area contributed by atoms with Crippen LogP contribution < -0.4 is 5.32 Å². The second kappa shape index (κ2) is 4.06. The number of carbonyl (C=O) groups is 1. The summed E-state index contributed by atoms with van der Waals surface area (Å²) >= 11 is 1.55. The van der Waals surface area contributed by atoms with Gasteiger partial charge >= 0.3 is 0 Å². The van der Waals surface area contributed by atoms with Crippen molar-refractivity contribution in [1.29, 1.82) is 5.26 Å². The van der Waals surface area contributed by atoms with E-state index in [1.807, 2.05) is 25.3 Å². The molecule has 0 aromatic carbocycles. The smallest absolute Gasteiger partial charge is 0.253 e.